The Hall–Kier alpha value is -2.88. The molecule has 9 rings (SSSR count). The van der Waals surface area contributed by atoms with E-state index in [2.05, 4.69) is 48.5 Å². The smallest absolute Gasteiger partial charge is 0.117 e. The topological polar surface area (TPSA) is 52.6 Å². The number of rotatable bonds is 0. The zero-order valence-corrected chi connectivity index (χ0v) is 26.4. The second kappa shape index (κ2) is 10.3. The van der Waals surface area contributed by atoms with Gasteiger partial charge in [-0.15, -0.1) is 0 Å². The van der Waals surface area contributed by atoms with E-state index in [0.29, 0.717) is 0 Å². The number of hydrogen-bond acceptors (Lipinski definition) is 4. The molecule has 0 amide bonds. The van der Waals surface area contributed by atoms with Gasteiger partial charge in [-0.05, 0) is 99.9 Å². The van der Waals surface area contributed by atoms with Crippen molar-refractivity contribution >= 4 is 0 Å². The van der Waals surface area contributed by atoms with Gasteiger partial charge in [0.1, 0.15) is 46.1 Å². The van der Waals surface area contributed by atoms with Crippen LogP contribution < -0.4 is 0 Å². The first-order chi connectivity index (χ1) is 21.7. The summed E-state index contributed by atoms with van der Waals surface area (Å²) in [6.07, 6.45) is 23.3. The van der Waals surface area contributed by atoms with Gasteiger partial charge in [-0.1, -0.05) is 77.0 Å². The van der Waals surface area contributed by atoms with E-state index in [1.54, 1.807) is 0 Å². The third-order valence-electron chi connectivity index (χ3n) is 13.0. The Labute approximate surface area is 262 Å². The summed E-state index contributed by atoms with van der Waals surface area (Å²) in [7, 11) is 0. The van der Waals surface area contributed by atoms with Crippen molar-refractivity contribution in [3.05, 3.63) is 94.6 Å². The van der Waals surface area contributed by atoms with Crippen LogP contribution in [0.15, 0.2) is 66.2 Å². The van der Waals surface area contributed by atoms with Crippen molar-refractivity contribution < 1.29 is 17.7 Å². The first kappa shape index (κ1) is 27.4. The average Bonchev–Trinajstić information content (AvgIpc) is 3.93. The van der Waals surface area contributed by atoms with Gasteiger partial charge < -0.3 is 17.7 Å². The highest BCUT2D eigenvalue weighted by Gasteiger charge is 2.50. The molecule has 0 unspecified atom stereocenters. The van der Waals surface area contributed by atoms with Crippen LogP contribution in [0.4, 0.5) is 0 Å². The molecule has 5 aliphatic rings. The molecule has 0 aromatic carbocycles. The van der Waals surface area contributed by atoms with Gasteiger partial charge in [-0.25, -0.2) is 0 Å². The number of furan rings is 4. The average molecular weight is 593 g/mol. The van der Waals surface area contributed by atoms with Crippen molar-refractivity contribution in [1.29, 1.82) is 0 Å². The van der Waals surface area contributed by atoms with Gasteiger partial charge in [-0.2, -0.15) is 0 Å². The lowest BCUT2D eigenvalue weighted by Gasteiger charge is -2.38. The van der Waals surface area contributed by atoms with Crippen LogP contribution in [0.1, 0.15) is 174 Å². The van der Waals surface area contributed by atoms with E-state index in [4.69, 9.17) is 17.7 Å². The van der Waals surface area contributed by atoms with E-state index in [1.807, 2.05) is 0 Å². The van der Waals surface area contributed by atoms with Crippen molar-refractivity contribution in [2.24, 2.45) is 0 Å². The highest BCUT2D eigenvalue weighted by atomic mass is 16.4. The molecule has 4 fully saturated rings. The summed E-state index contributed by atoms with van der Waals surface area (Å²) in [5.41, 5.74) is -0.864. The van der Waals surface area contributed by atoms with Crippen LogP contribution in [-0.4, -0.2) is 0 Å². The molecule has 4 spiro atoms. The van der Waals surface area contributed by atoms with E-state index in [1.165, 1.54) is 77.0 Å². The molecule has 4 heteroatoms. The zero-order chi connectivity index (χ0) is 29.2. The summed E-state index contributed by atoms with van der Waals surface area (Å²) in [4.78, 5) is 0. The molecule has 1 aliphatic heterocycles. The SMILES string of the molecule is c1cc2oc1C1(CCCCC1)c1ccc(o1)C1(CCCCC1)c1ccc(o1)C1(CCCCC1)c1ccc(o1)C21CCCCC1. The Morgan fingerprint density at radius 2 is 0.409 bits per heavy atom. The van der Waals surface area contributed by atoms with E-state index in [9.17, 15) is 0 Å². The van der Waals surface area contributed by atoms with Crippen LogP contribution in [0.25, 0.3) is 0 Å². The fourth-order valence-corrected chi connectivity index (χ4v) is 10.5. The predicted octanol–water partition coefficient (Wildman–Crippen LogP) is 11.4. The first-order valence-electron chi connectivity index (χ1n) is 18.1. The lowest BCUT2D eigenvalue weighted by molar-refractivity contribution is 0.178. The molecule has 4 nitrogen and oxygen atoms in total. The Bertz CT molecular complexity index is 1270. The fourth-order valence-electron chi connectivity index (χ4n) is 10.5. The largest absolute Gasteiger partial charge is 0.464 e. The maximum Gasteiger partial charge on any atom is 0.117 e. The second-order valence-electron chi connectivity index (χ2n) is 15.2. The summed E-state index contributed by atoms with van der Waals surface area (Å²) < 4.78 is 28.7. The minimum Gasteiger partial charge on any atom is -0.464 e. The van der Waals surface area contributed by atoms with Crippen molar-refractivity contribution in [1.82, 2.24) is 0 Å². The molecule has 44 heavy (non-hydrogen) atoms. The van der Waals surface area contributed by atoms with E-state index < -0.39 is 0 Å². The van der Waals surface area contributed by atoms with Crippen molar-refractivity contribution in [3.63, 3.8) is 0 Å². The Morgan fingerprint density at radius 1 is 0.250 bits per heavy atom. The Kier molecular flexibility index (Phi) is 6.44. The van der Waals surface area contributed by atoms with Gasteiger partial charge in [0.15, 0.2) is 0 Å². The maximum atomic E-state index is 7.17. The molecule has 0 saturated heterocycles. The van der Waals surface area contributed by atoms with Crippen LogP contribution in [0.2, 0.25) is 0 Å². The number of hydrogen-bond donors (Lipinski definition) is 0. The Morgan fingerprint density at radius 3 is 0.568 bits per heavy atom. The normalized spacial score (nSPS) is 25.1. The van der Waals surface area contributed by atoms with Crippen LogP contribution >= 0.6 is 0 Å². The van der Waals surface area contributed by atoms with Crippen LogP contribution in [-0.2, 0) is 21.7 Å². The van der Waals surface area contributed by atoms with E-state index in [0.717, 1.165) is 97.4 Å². The van der Waals surface area contributed by atoms with Crippen molar-refractivity contribution in [2.45, 2.75) is 150 Å². The van der Waals surface area contributed by atoms with Gasteiger partial charge in [0, 0.05) is 0 Å². The summed E-state index contributed by atoms with van der Waals surface area (Å²) >= 11 is 0. The quantitative estimate of drug-likeness (QED) is 0.204. The van der Waals surface area contributed by atoms with Gasteiger partial charge in [0.05, 0.1) is 21.7 Å². The van der Waals surface area contributed by atoms with Gasteiger partial charge in [0.25, 0.3) is 0 Å². The zero-order valence-electron chi connectivity index (χ0n) is 26.4. The monoisotopic (exact) mass is 592 g/mol. The molecular weight excluding hydrogens is 544 g/mol. The van der Waals surface area contributed by atoms with Gasteiger partial charge in [0.2, 0.25) is 0 Å². The second-order valence-corrected chi connectivity index (χ2v) is 15.2. The molecule has 4 aromatic heterocycles. The molecule has 5 heterocycles. The molecule has 8 bridgehead atoms. The highest BCUT2D eigenvalue weighted by Crippen LogP contribution is 2.55. The van der Waals surface area contributed by atoms with Crippen molar-refractivity contribution in [3.8, 4) is 0 Å². The third-order valence-corrected chi connectivity index (χ3v) is 13.0. The summed E-state index contributed by atoms with van der Waals surface area (Å²) in [6, 6.07) is 18.4. The standard InChI is InChI=1S/C40H48O4/c1-5-21-37(22-6-1)29-13-15-31(41-29)38(23-7-2-8-24-38)33-17-19-35(43-33)40(27-11-4-12-28-40)36-20-18-34(44-36)39(25-9-3-10-26-39)32-16-14-30(37)42-32/h13-20H,1-12,21-28H2. The Balaban J connectivity index is 1.29. The summed E-state index contributed by atoms with van der Waals surface area (Å²) in [5.74, 6) is 8.77. The number of fused-ring (bicyclic) bond motifs is 16. The molecular formula is C40H48O4. The lowest BCUT2D eigenvalue weighted by atomic mass is 9.70. The van der Waals surface area contributed by atoms with Gasteiger partial charge in [-0.3, -0.25) is 0 Å². The summed E-state index contributed by atoms with van der Waals surface area (Å²) in [5, 5.41) is 0. The third kappa shape index (κ3) is 3.88. The highest BCUT2D eigenvalue weighted by molar-refractivity contribution is 5.41. The molecule has 0 radical (unpaired) electrons. The van der Waals surface area contributed by atoms with E-state index >= 15 is 0 Å². The van der Waals surface area contributed by atoms with E-state index in [-0.39, 0.29) is 21.7 Å². The molecule has 4 saturated carbocycles. The molecule has 232 valence electrons. The first-order valence-corrected chi connectivity index (χ1v) is 18.1. The minimum atomic E-state index is -0.216. The van der Waals surface area contributed by atoms with Gasteiger partial charge >= 0.3 is 0 Å². The maximum absolute atomic E-state index is 7.17. The minimum absolute atomic E-state index is 0.216. The van der Waals surface area contributed by atoms with Crippen LogP contribution in [0.3, 0.4) is 0 Å². The summed E-state index contributed by atoms with van der Waals surface area (Å²) in [6.45, 7) is 0. The van der Waals surface area contributed by atoms with Crippen molar-refractivity contribution in [2.75, 3.05) is 0 Å². The predicted molar refractivity (Wildman–Crippen MR) is 170 cm³/mol. The van der Waals surface area contributed by atoms with Crippen LogP contribution in [0.5, 0.6) is 0 Å². The lowest BCUT2D eigenvalue weighted by Crippen LogP contribution is -2.33. The molecule has 4 aromatic rings. The fraction of sp³-hybridized carbons (Fsp3) is 0.600. The van der Waals surface area contributed by atoms with Crippen LogP contribution in [0, 0.1) is 0 Å². The molecule has 0 N–H and O–H groups in total. The molecule has 0 atom stereocenters. The molecule has 4 aliphatic carbocycles.